The van der Waals surface area contributed by atoms with Crippen molar-refractivity contribution in [3.05, 3.63) is 21.8 Å². The molecule has 0 amide bonds. The molecular formula is C13H15BrClN3. The maximum atomic E-state index is 8.68. The van der Waals surface area contributed by atoms with Crippen LogP contribution in [0, 0.1) is 23.2 Å². The van der Waals surface area contributed by atoms with Crippen LogP contribution >= 0.6 is 27.5 Å². The SMILES string of the molecule is N#CCC1CCC(CNc2cc(Cl)c(Br)cn2)C1. The lowest BCUT2D eigenvalue weighted by atomic mass is 10.0. The van der Waals surface area contributed by atoms with Crippen molar-refractivity contribution in [2.45, 2.75) is 25.7 Å². The monoisotopic (exact) mass is 327 g/mol. The molecule has 0 radical (unpaired) electrons. The van der Waals surface area contributed by atoms with Gasteiger partial charge in [0.15, 0.2) is 0 Å². The number of hydrogen-bond donors (Lipinski definition) is 1. The van der Waals surface area contributed by atoms with E-state index in [0.29, 0.717) is 23.3 Å². The van der Waals surface area contributed by atoms with Crippen molar-refractivity contribution in [3.8, 4) is 6.07 Å². The Kier molecular flexibility index (Phi) is 4.85. The van der Waals surface area contributed by atoms with Crippen molar-refractivity contribution < 1.29 is 0 Å². The number of anilines is 1. The maximum absolute atomic E-state index is 8.68. The second kappa shape index (κ2) is 6.40. The first-order valence-corrected chi connectivity index (χ1v) is 7.28. The number of nitrogens with one attached hydrogen (secondary N) is 1. The Bertz CT molecular complexity index is 458. The molecule has 5 heteroatoms. The van der Waals surface area contributed by atoms with Gasteiger partial charge in [-0.3, -0.25) is 0 Å². The predicted octanol–water partition coefficient (Wildman–Crippen LogP) is 4.24. The Morgan fingerprint density at radius 2 is 2.28 bits per heavy atom. The summed E-state index contributed by atoms with van der Waals surface area (Å²) in [7, 11) is 0. The first kappa shape index (κ1) is 13.6. The van der Waals surface area contributed by atoms with Gasteiger partial charge in [0, 0.05) is 25.2 Å². The summed E-state index contributed by atoms with van der Waals surface area (Å²) in [4.78, 5) is 4.26. The van der Waals surface area contributed by atoms with Crippen LogP contribution < -0.4 is 5.32 Å². The van der Waals surface area contributed by atoms with Gasteiger partial charge in [0.05, 0.1) is 15.6 Å². The van der Waals surface area contributed by atoms with E-state index in [1.165, 1.54) is 12.8 Å². The van der Waals surface area contributed by atoms with E-state index in [1.807, 2.05) is 6.07 Å². The summed E-state index contributed by atoms with van der Waals surface area (Å²) in [5.41, 5.74) is 0. The Balaban J connectivity index is 1.82. The predicted molar refractivity (Wildman–Crippen MR) is 76.5 cm³/mol. The molecule has 1 aliphatic carbocycles. The van der Waals surface area contributed by atoms with Gasteiger partial charge in [0.25, 0.3) is 0 Å². The van der Waals surface area contributed by atoms with Crippen molar-refractivity contribution in [2.24, 2.45) is 11.8 Å². The molecule has 2 atom stereocenters. The van der Waals surface area contributed by atoms with E-state index in [1.54, 1.807) is 6.20 Å². The third kappa shape index (κ3) is 3.60. The topological polar surface area (TPSA) is 48.7 Å². The molecule has 0 aromatic carbocycles. The van der Waals surface area contributed by atoms with Crippen molar-refractivity contribution in [1.29, 1.82) is 5.26 Å². The minimum Gasteiger partial charge on any atom is -0.370 e. The van der Waals surface area contributed by atoms with Crippen LogP contribution in [-0.4, -0.2) is 11.5 Å². The van der Waals surface area contributed by atoms with Gasteiger partial charge in [-0.15, -0.1) is 0 Å². The van der Waals surface area contributed by atoms with Crippen molar-refractivity contribution in [1.82, 2.24) is 4.98 Å². The van der Waals surface area contributed by atoms with Crippen LogP contribution in [0.15, 0.2) is 16.7 Å². The number of nitrogens with zero attached hydrogens (tertiary/aromatic N) is 2. The zero-order chi connectivity index (χ0) is 13.0. The van der Waals surface area contributed by atoms with Gasteiger partial charge in [-0.2, -0.15) is 5.26 Å². The molecule has 1 fully saturated rings. The Morgan fingerprint density at radius 3 is 3.00 bits per heavy atom. The maximum Gasteiger partial charge on any atom is 0.127 e. The van der Waals surface area contributed by atoms with Crippen LogP contribution in [0.4, 0.5) is 5.82 Å². The number of nitriles is 1. The highest BCUT2D eigenvalue weighted by molar-refractivity contribution is 9.10. The minimum absolute atomic E-state index is 0.586. The molecule has 0 aliphatic heterocycles. The Hall–Kier alpha value is -0.790. The van der Waals surface area contributed by atoms with E-state index >= 15 is 0 Å². The van der Waals surface area contributed by atoms with Crippen molar-refractivity contribution >= 4 is 33.3 Å². The summed E-state index contributed by atoms with van der Waals surface area (Å²) in [5, 5.41) is 12.7. The van der Waals surface area contributed by atoms with E-state index in [9.17, 15) is 0 Å². The summed E-state index contributed by atoms with van der Waals surface area (Å²) in [5.74, 6) is 2.04. The quantitative estimate of drug-likeness (QED) is 0.899. The Labute approximate surface area is 121 Å². The minimum atomic E-state index is 0.586. The van der Waals surface area contributed by atoms with Gasteiger partial charge in [0.1, 0.15) is 5.82 Å². The number of aromatic nitrogens is 1. The zero-order valence-electron chi connectivity index (χ0n) is 10.00. The van der Waals surface area contributed by atoms with Crippen molar-refractivity contribution in [2.75, 3.05) is 11.9 Å². The molecule has 0 saturated heterocycles. The summed E-state index contributed by atoms with van der Waals surface area (Å²) in [6, 6.07) is 4.09. The van der Waals surface area contributed by atoms with E-state index in [-0.39, 0.29) is 0 Å². The lowest BCUT2D eigenvalue weighted by Crippen LogP contribution is -2.12. The van der Waals surface area contributed by atoms with Crippen LogP contribution in [0.1, 0.15) is 25.7 Å². The van der Waals surface area contributed by atoms with Crippen LogP contribution in [0.2, 0.25) is 5.02 Å². The summed E-state index contributed by atoms with van der Waals surface area (Å²) in [6.07, 6.45) is 5.92. The van der Waals surface area contributed by atoms with E-state index < -0.39 is 0 Å². The highest BCUT2D eigenvalue weighted by atomic mass is 79.9. The molecule has 96 valence electrons. The molecule has 1 aromatic rings. The number of halogens is 2. The van der Waals surface area contributed by atoms with Gasteiger partial charge < -0.3 is 5.32 Å². The van der Waals surface area contributed by atoms with E-state index in [2.05, 4.69) is 32.3 Å². The first-order valence-electron chi connectivity index (χ1n) is 6.11. The van der Waals surface area contributed by atoms with Crippen LogP contribution in [0.3, 0.4) is 0 Å². The van der Waals surface area contributed by atoms with Gasteiger partial charge in [0.2, 0.25) is 0 Å². The van der Waals surface area contributed by atoms with Crippen LogP contribution in [0.5, 0.6) is 0 Å². The lowest BCUT2D eigenvalue weighted by Gasteiger charge is -2.12. The molecule has 0 spiro atoms. The van der Waals surface area contributed by atoms with Crippen LogP contribution in [-0.2, 0) is 0 Å². The fraction of sp³-hybridized carbons (Fsp3) is 0.538. The van der Waals surface area contributed by atoms with Gasteiger partial charge in [-0.1, -0.05) is 11.6 Å². The van der Waals surface area contributed by atoms with E-state index in [4.69, 9.17) is 16.9 Å². The van der Waals surface area contributed by atoms with Crippen molar-refractivity contribution in [3.63, 3.8) is 0 Å². The number of hydrogen-bond acceptors (Lipinski definition) is 3. The average Bonchev–Trinajstić information content (AvgIpc) is 2.79. The molecule has 1 N–H and O–H groups in total. The van der Waals surface area contributed by atoms with Crippen LogP contribution in [0.25, 0.3) is 0 Å². The summed E-state index contributed by atoms with van der Waals surface area (Å²) in [6.45, 7) is 0.910. The average molecular weight is 329 g/mol. The molecule has 1 aliphatic rings. The Morgan fingerprint density at radius 1 is 1.50 bits per heavy atom. The summed E-state index contributed by atoms with van der Waals surface area (Å²) < 4.78 is 0.810. The second-order valence-corrected chi connectivity index (χ2v) is 6.03. The summed E-state index contributed by atoms with van der Waals surface area (Å²) >= 11 is 9.33. The molecule has 1 heterocycles. The van der Waals surface area contributed by atoms with E-state index in [0.717, 1.165) is 23.3 Å². The smallest absolute Gasteiger partial charge is 0.127 e. The number of pyridine rings is 1. The molecular weight excluding hydrogens is 314 g/mol. The first-order chi connectivity index (χ1) is 8.69. The third-order valence-corrected chi connectivity index (χ3v) is 4.58. The van der Waals surface area contributed by atoms with Gasteiger partial charge >= 0.3 is 0 Å². The third-order valence-electron chi connectivity index (χ3n) is 3.41. The molecule has 2 rings (SSSR count). The highest BCUT2D eigenvalue weighted by Crippen LogP contribution is 2.33. The van der Waals surface area contributed by atoms with Gasteiger partial charge in [-0.25, -0.2) is 4.98 Å². The highest BCUT2D eigenvalue weighted by Gasteiger charge is 2.24. The normalized spacial score (nSPS) is 22.7. The molecule has 1 saturated carbocycles. The molecule has 2 unspecified atom stereocenters. The van der Waals surface area contributed by atoms with Gasteiger partial charge in [-0.05, 0) is 47.0 Å². The zero-order valence-corrected chi connectivity index (χ0v) is 12.3. The fourth-order valence-corrected chi connectivity index (χ4v) is 2.81. The second-order valence-electron chi connectivity index (χ2n) is 4.77. The molecule has 3 nitrogen and oxygen atoms in total. The number of rotatable bonds is 4. The standard InChI is InChI=1S/C13H15BrClN3/c14-11-8-18-13(6-12(11)15)17-7-10-2-1-9(5-10)3-4-16/h6,8-10H,1-3,5,7H2,(H,17,18). The largest absolute Gasteiger partial charge is 0.370 e. The fourth-order valence-electron chi connectivity index (χ4n) is 2.44. The molecule has 0 bridgehead atoms. The lowest BCUT2D eigenvalue weighted by molar-refractivity contribution is 0.513. The molecule has 1 aromatic heterocycles. The molecule has 18 heavy (non-hydrogen) atoms.